The molecule has 0 aromatic rings. The number of likely N-dealkylation sites (tertiary alicyclic amines) is 1. The van der Waals surface area contributed by atoms with Gasteiger partial charge in [-0.05, 0) is 58.7 Å². The first kappa shape index (κ1) is 15.3. The number of nitrogens with two attached hydrogens (primary N) is 1. The maximum atomic E-state index is 6.43. The first-order valence-corrected chi connectivity index (χ1v) is 8.27. The van der Waals surface area contributed by atoms with Gasteiger partial charge in [0.05, 0.1) is 0 Å². The van der Waals surface area contributed by atoms with E-state index in [1.807, 2.05) is 0 Å². The van der Waals surface area contributed by atoms with E-state index in [1.54, 1.807) is 0 Å². The SMILES string of the molecule is CCCC1CCC(N)C(N2CCCC(N(C)C)C2)C1. The Kier molecular flexibility index (Phi) is 5.67. The number of nitrogens with zero attached hydrogens (tertiary/aromatic N) is 2. The molecule has 0 amide bonds. The number of likely N-dealkylation sites (N-methyl/N-ethyl adjacent to an activating group) is 1. The van der Waals surface area contributed by atoms with Crippen molar-refractivity contribution in [2.24, 2.45) is 11.7 Å². The van der Waals surface area contributed by atoms with E-state index in [-0.39, 0.29) is 0 Å². The largest absolute Gasteiger partial charge is 0.326 e. The van der Waals surface area contributed by atoms with Crippen LogP contribution in [0.4, 0.5) is 0 Å². The van der Waals surface area contributed by atoms with Gasteiger partial charge in [-0.2, -0.15) is 0 Å². The van der Waals surface area contributed by atoms with Gasteiger partial charge in [0.25, 0.3) is 0 Å². The minimum Gasteiger partial charge on any atom is -0.326 e. The molecule has 4 atom stereocenters. The van der Waals surface area contributed by atoms with Gasteiger partial charge in [-0.15, -0.1) is 0 Å². The number of piperidine rings is 1. The molecule has 0 spiro atoms. The maximum Gasteiger partial charge on any atom is 0.0250 e. The number of hydrogen-bond acceptors (Lipinski definition) is 3. The second-order valence-electron chi connectivity index (χ2n) is 6.95. The van der Waals surface area contributed by atoms with Gasteiger partial charge in [0.2, 0.25) is 0 Å². The molecule has 0 aromatic carbocycles. The average molecular weight is 267 g/mol. The molecule has 2 N–H and O–H groups in total. The van der Waals surface area contributed by atoms with Crippen LogP contribution in [0, 0.1) is 5.92 Å². The van der Waals surface area contributed by atoms with Crippen LogP contribution in [0.2, 0.25) is 0 Å². The fourth-order valence-electron chi connectivity index (χ4n) is 4.05. The highest BCUT2D eigenvalue weighted by atomic mass is 15.2. The summed E-state index contributed by atoms with van der Waals surface area (Å²) in [6, 6.07) is 1.79. The molecule has 1 heterocycles. The zero-order chi connectivity index (χ0) is 13.8. The van der Waals surface area contributed by atoms with Crippen LogP contribution >= 0.6 is 0 Å². The van der Waals surface area contributed by atoms with Gasteiger partial charge >= 0.3 is 0 Å². The van der Waals surface area contributed by atoms with E-state index in [0.717, 1.165) is 12.0 Å². The first-order valence-electron chi connectivity index (χ1n) is 8.27. The lowest BCUT2D eigenvalue weighted by molar-refractivity contribution is 0.0542. The normalized spacial score (nSPS) is 37.7. The highest BCUT2D eigenvalue weighted by Gasteiger charge is 2.34. The zero-order valence-corrected chi connectivity index (χ0v) is 13.1. The van der Waals surface area contributed by atoms with Crippen molar-refractivity contribution in [3.8, 4) is 0 Å². The fraction of sp³-hybridized carbons (Fsp3) is 1.00. The molecule has 4 unspecified atom stereocenters. The van der Waals surface area contributed by atoms with Gasteiger partial charge in [0.1, 0.15) is 0 Å². The molecule has 1 saturated carbocycles. The standard InChI is InChI=1S/C16H33N3/c1-4-6-13-8-9-15(17)16(11-13)19-10-5-7-14(12-19)18(2)3/h13-16H,4-12,17H2,1-3H3. The van der Waals surface area contributed by atoms with Gasteiger partial charge < -0.3 is 10.6 Å². The lowest BCUT2D eigenvalue weighted by atomic mass is 9.79. The highest BCUT2D eigenvalue weighted by molar-refractivity contribution is 4.92. The highest BCUT2D eigenvalue weighted by Crippen LogP contribution is 2.31. The number of hydrogen-bond donors (Lipinski definition) is 1. The Morgan fingerprint density at radius 2 is 2.00 bits per heavy atom. The third-order valence-corrected chi connectivity index (χ3v) is 5.30. The molecule has 1 aliphatic heterocycles. The summed E-state index contributed by atoms with van der Waals surface area (Å²) in [4.78, 5) is 5.10. The van der Waals surface area contributed by atoms with E-state index >= 15 is 0 Å². The van der Waals surface area contributed by atoms with Crippen molar-refractivity contribution in [1.29, 1.82) is 0 Å². The van der Waals surface area contributed by atoms with Crippen LogP contribution in [0.15, 0.2) is 0 Å². The summed E-state index contributed by atoms with van der Waals surface area (Å²) in [6.45, 7) is 4.80. The molecule has 1 saturated heterocycles. The molecule has 0 aromatic heterocycles. The van der Waals surface area contributed by atoms with Crippen LogP contribution in [0.1, 0.15) is 51.9 Å². The quantitative estimate of drug-likeness (QED) is 0.848. The molecule has 19 heavy (non-hydrogen) atoms. The Morgan fingerprint density at radius 3 is 2.68 bits per heavy atom. The Balaban J connectivity index is 1.94. The summed E-state index contributed by atoms with van der Waals surface area (Å²) in [5.74, 6) is 0.925. The van der Waals surface area contributed by atoms with Gasteiger partial charge in [-0.25, -0.2) is 0 Å². The van der Waals surface area contributed by atoms with Crippen LogP contribution in [-0.4, -0.2) is 55.1 Å². The van der Waals surface area contributed by atoms with Gasteiger partial charge in [0.15, 0.2) is 0 Å². The van der Waals surface area contributed by atoms with E-state index in [2.05, 4.69) is 30.8 Å². The zero-order valence-electron chi connectivity index (χ0n) is 13.1. The summed E-state index contributed by atoms with van der Waals surface area (Å²) in [7, 11) is 4.43. The van der Waals surface area contributed by atoms with Crippen molar-refractivity contribution in [1.82, 2.24) is 9.80 Å². The topological polar surface area (TPSA) is 32.5 Å². The number of rotatable bonds is 4. The molecule has 3 heteroatoms. The third kappa shape index (κ3) is 3.93. The predicted molar refractivity (Wildman–Crippen MR) is 82.3 cm³/mol. The van der Waals surface area contributed by atoms with Crippen molar-refractivity contribution in [3.05, 3.63) is 0 Å². The molecule has 2 rings (SSSR count). The minimum atomic E-state index is 0.411. The molecule has 3 nitrogen and oxygen atoms in total. The molecule has 2 aliphatic rings. The van der Waals surface area contributed by atoms with Crippen LogP contribution in [0.5, 0.6) is 0 Å². The monoisotopic (exact) mass is 267 g/mol. The van der Waals surface area contributed by atoms with Crippen LogP contribution < -0.4 is 5.73 Å². The summed E-state index contributed by atoms with van der Waals surface area (Å²) in [6.07, 6.45) is 9.35. The molecule has 1 aliphatic carbocycles. The van der Waals surface area contributed by atoms with Crippen LogP contribution in [0.25, 0.3) is 0 Å². The smallest absolute Gasteiger partial charge is 0.0250 e. The Morgan fingerprint density at radius 1 is 1.21 bits per heavy atom. The van der Waals surface area contributed by atoms with Gasteiger partial charge in [-0.1, -0.05) is 19.8 Å². The lowest BCUT2D eigenvalue weighted by Crippen LogP contribution is -2.56. The molecule has 112 valence electrons. The van der Waals surface area contributed by atoms with E-state index < -0.39 is 0 Å². The molecular formula is C16H33N3. The van der Waals surface area contributed by atoms with E-state index in [9.17, 15) is 0 Å². The molecule has 0 radical (unpaired) electrons. The van der Waals surface area contributed by atoms with E-state index in [1.165, 1.54) is 58.0 Å². The third-order valence-electron chi connectivity index (χ3n) is 5.30. The Hall–Kier alpha value is -0.120. The summed E-state index contributed by atoms with van der Waals surface area (Å²) < 4.78 is 0. The van der Waals surface area contributed by atoms with Crippen molar-refractivity contribution >= 4 is 0 Å². The summed E-state index contributed by atoms with van der Waals surface area (Å²) in [5.41, 5.74) is 6.43. The second kappa shape index (κ2) is 7.05. The average Bonchev–Trinajstić information content (AvgIpc) is 2.41. The van der Waals surface area contributed by atoms with Gasteiger partial charge in [0, 0.05) is 24.7 Å². The van der Waals surface area contributed by atoms with Crippen molar-refractivity contribution < 1.29 is 0 Å². The van der Waals surface area contributed by atoms with Gasteiger partial charge in [-0.3, -0.25) is 4.90 Å². The predicted octanol–water partition coefficient (Wildman–Crippen LogP) is 2.31. The first-order chi connectivity index (χ1) is 9.11. The molecule has 0 bridgehead atoms. The summed E-state index contributed by atoms with van der Waals surface area (Å²) in [5, 5.41) is 0. The van der Waals surface area contributed by atoms with E-state index in [4.69, 9.17) is 5.73 Å². The van der Waals surface area contributed by atoms with Crippen molar-refractivity contribution in [2.45, 2.75) is 70.0 Å². The Bertz CT molecular complexity index is 267. The second-order valence-corrected chi connectivity index (χ2v) is 6.95. The minimum absolute atomic E-state index is 0.411. The molecule has 2 fully saturated rings. The van der Waals surface area contributed by atoms with Crippen LogP contribution in [0.3, 0.4) is 0 Å². The summed E-state index contributed by atoms with van der Waals surface area (Å²) >= 11 is 0. The van der Waals surface area contributed by atoms with E-state index in [0.29, 0.717) is 12.1 Å². The molecular weight excluding hydrogens is 234 g/mol. The maximum absolute atomic E-state index is 6.43. The van der Waals surface area contributed by atoms with Crippen molar-refractivity contribution in [3.63, 3.8) is 0 Å². The lowest BCUT2D eigenvalue weighted by Gasteiger charge is -2.46. The fourth-order valence-corrected chi connectivity index (χ4v) is 4.05. The van der Waals surface area contributed by atoms with Crippen molar-refractivity contribution in [2.75, 3.05) is 27.2 Å². The Labute approximate surface area is 119 Å². The van der Waals surface area contributed by atoms with Crippen LogP contribution in [-0.2, 0) is 0 Å².